The number of ketones is 1. The Balaban J connectivity index is 2.58. The number of thiophene rings is 1. The van der Waals surface area contributed by atoms with Gasteiger partial charge in [-0.25, -0.2) is 26.7 Å². The van der Waals surface area contributed by atoms with Gasteiger partial charge in [-0.1, -0.05) is 0 Å². The number of hydrogen-bond donors (Lipinski definition) is 1. The second-order valence-electron chi connectivity index (χ2n) is 5.44. The Morgan fingerprint density at radius 1 is 0.929 bits per heavy atom. The minimum absolute atomic E-state index is 0.0471. The van der Waals surface area contributed by atoms with E-state index in [4.69, 9.17) is 4.74 Å². The van der Waals surface area contributed by atoms with Crippen molar-refractivity contribution in [2.75, 3.05) is 11.9 Å². The number of carbonyl (C=O) groups excluding carboxylic acids is 3. The van der Waals surface area contributed by atoms with Gasteiger partial charge < -0.3 is 10.1 Å². The van der Waals surface area contributed by atoms with E-state index in [-0.39, 0.29) is 27.6 Å². The van der Waals surface area contributed by atoms with E-state index in [9.17, 15) is 36.3 Å². The molecule has 0 fully saturated rings. The molecule has 1 aromatic heterocycles. The zero-order valence-electron chi connectivity index (χ0n) is 14.6. The van der Waals surface area contributed by atoms with Gasteiger partial charge in [0.15, 0.2) is 29.1 Å². The Kier molecular flexibility index (Phi) is 6.17. The van der Waals surface area contributed by atoms with Gasteiger partial charge in [-0.2, -0.15) is 0 Å². The number of halogens is 5. The summed E-state index contributed by atoms with van der Waals surface area (Å²) in [5.41, 5.74) is -1.83. The highest BCUT2D eigenvalue weighted by atomic mass is 32.1. The number of amides is 1. The molecule has 150 valence electrons. The first-order valence-electron chi connectivity index (χ1n) is 7.67. The van der Waals surface area contributed by atoms with Crippen LogP contribution in [0.3, 0.4) is 0 Å². The lowest BCUT2D eigenvalue weighted by molar-refractivity contribution is 0.0527. The zero-order valence-corrected chi connectivity index (χ0v) is 15.5. The molecule has 0 radical (unpaired) electrons. The molecule has 0 bridgehead atoms. The van der Waals surface area contributed by atoms with Crippen LogP contribution < -0.4 is 5.32 Å². The summed E-state index contributed by atoms with van der Waals surface area (Å²) in [4.78, 5) is 36.1. The Hall–Kier alpha value is -2.82. The van der Waals surface area contributed by atoms with E-state index in [0.29, 0.717) is 11.3 Å². The van der Waals surface area contributed by atoms with Crippen molar-refractivity contribution in [3.63, 3.8) is 0 Å². The monoisotopic (exact) mass is 421 g/mol. The van der Waals surface area contributed by atoms with Crippen molar-refractivity contribution in [1.29, 1.82) is 0 Å². The van der Waals surface area contributed by atoms with Crippen LogP contribution in [0.25, 0.3) is 0 Å². The molecule has 0 unspecified atom stereocenters. The molecule has 0 spiro atoms. The summed E-state index contributed by atoms with van der Waals surface area (Å²) < 4.78 is 72.3. The molecule has 2 aromatic rings. The molecule has 1 amide bonds. The maximum absolute atomic E-state index is 13.8. The van der Waals surface area contributed by atoms with E-state index in [2.05, 4.69) is 0 Å². The Morgan fingerprint density at radius 2 is 1.43 bits per heavy atom. The van der Waals surface area contributed by atoms with Crippen molar-refractivity contribution in [2.24, 2.45) is 0 Å². The fraction of sp³-hybridized carbons (Fsp3) is 0.235. The quantitative estimate of drug-likeness (QED) is 0.256. The van der Waals surface area contributed by atoms with Crippen molar-refractivity contribution in [1.82, 2.24) is 0 Å². The molecule has 0 saturated heterocycles. The minimum atomic E-state index is -2.41. The molecule has 1 N–H and O–H groups in total. The molecular weight excluding hydrogens is 409 g/mol. The van der Waals surface area contributed by atoms with Crippen molar-refractivity contribution < 1.29 is 41.1 Å². The predicted molar refractivity (Wildman–Crippen MR) is 89.2 cm³/mol. The molecule has 0 aliphatic carbocycles. The van der Waals surface area contributed by atoms with Crippen LogP contribution in [0.15, 0.2) is 0 Å². The molecule has 1 heterocycles. The van der Waals surface area contributed by atoms with Crippen molar-refractivity contribution in [3.8, 4) is 0 Å². The van der Waals surface area contributed by atoms with Gasteiger partial charge in [0.05, 0.1) is 17.0 Å². The van der Waals surface area contributed by atoms with E-state index < -0.39 is 52.3 Å². The van der Waals surface area contributed by atoms with Gasteiger partial charge in [0.2, 0.25) is 5.82 Å². The fourth-order valence-corrected chi connectivity index (χ4v) is 3.44. The third-order valence-corrected chi connectivity index (χ3v) is 4.92. The second-order valence-corrected chi connectivity index (χ2v) is 6.46. The first-order chi connectivity index (χ1) is 13.0. The van der Waals surface area contributed by atoms with Gasteiger partial charge in [0.25, 0.3) is 5.91 Å². The largest absolute Gasteiger partial charge is 0.462 e. The lowest BCUT2D eigenvalue weighted by Crippen LogP contribution is -2.20. The van der Waals surface area contributed by atoms with Gasteiger partial charge in [-0.05, 0) is 26.3 Å². The lowest BCUT2D eigenvalue weighted by Gasteiger charge is -2.10. The van der Waals surface area contributed by atoms with Crippen LogP contribution in [0, 0.1) is 36.0 Å². The number of carbonyl (C=O) groups is 3. The van der Waals surface area contributed by atoms with Crippen LogP contribution in [0.5, 0.6) is 0 Å². The molecule has 0 aliphatic heterocycles. The molecule has 0 aliphatic rings. The summed E-state index contributed by atoms with van der Waals surface area (Å²) in [5.74, 6) is -14.7. The predicted octanol–water partition coefficient (Wildman–Crippen LogP) is 4.38. The second kappa shape index (κ2) is 8.05. The molecule has 11 heteroatoms. The lowest BCUT2D eigenvalue weighted by atomic mass is 10.1. The minimum Gasteiger partial charge on any atom is -0.462 e. The SMILES string of the molecule is CCOC(=O)c1c(NC(=O)c2c(F)c(F)c(F)c(F)c2F)sc(C(C)=O)c1C. The molecule has 28 heavy (non-hydrogen) atoms. The summed E-state index contributed by atoms with van der Waals surface area (Å²) in [6.45, 7) is 4.02. The van der Waals surface area contributed by atoms with Crippen LogP contribution in [0.4, 0.5) is 27.0 Å². The number of ether oxygens (including phenoxy) is 1. The first kappa shape index (κ1) is 21.5. The van der Waals surface area contributed by atoms with Crippen molar-refractivity contribution in [2.45, 2.75) is 20.8 Å². The van der Waals surface area contributed by atoms with Gasteiger partial charge in [0.1, 0.15) is 10.6 Å². The van der Waals surface area contributed by atoms with Gasteiger partial charge >= 0.3 is 5.97 Å². The van der Waals surface area contributed by atoms with Crippen LogP contribution in [0.1, 0.15) is 49.8 Å². The van der Waals surface area contributed by atoms with Crippen LogP contribution in [0.2, 0.25) is 0 Å². The van der Waals surface area contributed by atoms with E-state index in [1.54, 1.807) is 0 Å². The van der Waals surface area contributed by atoms with E-state index >= 15 is 0 Å². The summed E-state index contributed by atoms with van der Waals surface area (Å²) in [7, 11) is 0. The smallest absolute Gasteiger partial charge is 0.341 e. The standard InChI is InChI=1S/C17H12F5NO4S/c1-4-27-17(26)7-5(2)14(6(3)24)28-16(7)23-15(25)8-9(18)11(20)13(22)12(21)10(8)19/h4H2,1-3H3,(H,23,25). The topological polar surface area (TPSA) is 72.5 Å². The highest BCUT2D eigenvalue weighted by molar-refractivity contribution is 7.18. The van der Waals surface area contributed by atoms with Crippen LogP contribution >= 0.6 is 11.3 Å². The normalized spacial score (nSPS) is 10.7. The third kappa shape index (κ3) is 3.61. The van der Waals surface area contributed by atoms with Gasteiger partial charge in [-0.15, -0.1) is 11.3 Å². The summed E-state index contributed by atoms with van der Waals surface area (Å²) in [6, 6.07) is 0. The highest BCUT2D eigenvalue weighted by Crippen LogP contribution is 2.35. The first-order valence-corrected chi connectivity index (χ1v) is 8.48. The number of Topliss-reactive ketones (excluding diaryl/α,β-unsaturated/α-hetero) is 1. The number of esters is 1. The Morgan fingerprint density at radius 3 is 1.89 bits per heavy atom. The van der Waals surface area contributed by atoms with Crippen LogP contribution in [-0.2, 0) is 4.74 Å². The molecule has 0 atom stereocenters. The number of anilines is 1. The average Bonchev–Trinajstić information content (AvgIpc) is 2.95. The number of benzene rings is 1. The van der Waals surface area contributed by atoms with E-state index in [1.165, 1.54) is 20.8 Å². The van der Waals surface area contributed by atoms with E-state index in [0.717, 1.165) is 0 Å². The Bertz CT molecular complexity index is 973. The fourth-order valence-electron chi connectivity index (χ4n) is 2.36. The maximum Gasteiger partial charge on any atom is 0.341 e. The Labute approximate surface area is 159 Å². The third-order valence-electron chi connectivity index (χ3n) is 3.61. The maximum atomic E-state index is 13.8. The summed E-state index contributed by atoms with van der Waals surface area (Å²) >= 11 is 0.606. The number of nitrogens with one attached hydrogen (secondary N) is 1. The van der Waals surface area contributed by atoms with Gasteiger partial charge in [-0.3, -0.25) is 9.59 Å². The summed E-state index contributed by atoms with van der Waals surface area (Å²) in [5, 5.41) is 1.60. The van der Waals surface area contributed by atoms with Crippen molar-refractivity contribution in [3.05, 3.63) is 50.7 Å². The van der Waals surface area contributed by atoms with Gasteiger partial charge in [0, 0.05) is 0 Å². The molecular formula is C17H12F5NO4S. The van der Waals surface area contributed by atoms with Crippen molar-refractivity contribution >= 4 is 34.0 Å². The number of rotatable bonds is 5. The molecule has 5 nitrogen and oxygen atoms in total. The molecule has 2 rings (SSSR count). The zero-order chi connectivity index (χ0) is 21.3. The van der Waals surface area contributed by atoms with E-state index in [1.807, 2.05) is 5.32 Å². The molecule has 0 saturated carbocycles. The van der Waals surface area contributed by atoms with Crippen LogP contribution in [-0.4, -0.2) is 24.3 Å². The average molecular weight is 421 g/mol. The summed E-state index contributed by atoms with van der Waals surface area (Å²) in [6.07, 6.45) is 0. The molecule has 1 aromatic carbocycles. The number of hydrogen-bond acceptors (Lipinski definition) is 5. The highest BCUT2D eigenvalue weighted by Gasteiger charge is 2.32.